The average molecular weight is 361 g/mol. The van der Waals surface area contributed by atoms with Gasteiger partial charge in [0.1, 0.15) is 5.82 Å². The smallest absolute Gasteiger partial charge is 0.237 e. The molecule has 0 aromatic carbocycles. The summed E-state index contributed by atoms with van der Waals surface area (Å²) >= 11 is 0. The van der Waals surface area contributed by atoms with Gasteiger partial charge in [-0.15, -0.1) is 0 Å². The van der Waals surface area contributed by atoms with E-state index in [1.165, 1.54) is 12.8 Å². The zero-order valence-electron chi connectivity index (χ0n) is 16.1. The third-order valence-electron chi connectivity index (χ3n) is 5.71. The highest BCUT2D eigenvalue weighted by molar-refractivity contribution is 5.89. The molecule has 1 saturated heterocycles. The quantitative estimate of drug-likeness (QED) is 0.829. The van der Waals surface area contributed by atoms with Crippen LogP contribution in [0.25, 0.3) is 0 Å². The van der Waals surface area contributed by atoms with Crippen LogP contribution in [-0.4, -0.2) is 62.4 Å². The molecule has 0 unspecified atom stereocenters. The Bertz CT molecular complexity index is 636. The minimum Gasteiger partial charge on any atom is -0.353 e. The molecule has 1 atom stereocenters. The summed E-state index contributed by atoms with van der Waals surface area (Å²) in [6.45, 7) is 6.02. The van der Waals surface area contributed by atoms with Crippen molar-refractivity contribution < 1.29 is 9.59 Å². The van der Waals surface area contributed by atoms with Crippen LogP contribution in [0, 0.1) is 0 Å². The van der Waals surface area contributed by atoms with E-state index in [9.17, 15) is 9.59 Å². The van der Waals surface area contributed by atoms with Gasteiger partial charge in [0.2, 0.25) is 11.8 Å². The van der Waals surface area contributed by atoms with Gasteiger partial charge in [-0.3, -0.25) is 14.5 Å². The van der Waals surface area contributed by atoms with Gasteiger partial charge in [-0.2, -0.15) is 0 Å². The van der Waals surface area contributed by atoms with E-state index in [0.717, 1.165) is 25.2 Å². The second-order valence-corrected chi connectivity index (χ2v) is 7.76. The van der Waals surface area contributed by atoms with Crippen molar-refractivity contribution in [2.75, 3.05) is 13.1 Å². The number of carbonyl (C=O) groups excluding carboxylic acids is 2. The summed E-state index contributed by atoms with van der Waals surface area (Å²) in [4.78, 5) is 34.0. The number of hydrogen-bond donors (Lipinski definition) is 1. The van der Waals surface area contributed by atoms with Crippen LogP contribution in [0.5, 0.6) is 0 Å². The maximum absolute atomic E-state index is 13.1. The maximum atomic E-state index is 13.1. The number of hydrogen-bond acceptors (Lipinski definition) is 4. The Morgan fingerprint density at radius 2 is 2.12 bits per heavy atom. The van der Waals surface area contributed by atoms with Gasteiger partial charge in [-0.05, 0) is 26.7 Å². The summed E-state index contributed by atoms with van der Waals surface area (Å²) in [5, 5.41) is 2.95. The molecular formula is C19H31N5O2. The first-order valence-corrected chi connectivity index (χ1v) is 9.76. The molecule has 1 aliphatic carbocycles. The second-order valence-electron chi connectivity index (χ2n) is 7.76. The molecule has 7 heteroatoms. The zero-order chi connectivity index (χ0) is 18.7. The molecule has 1 aromatic rings. The number of aromatic nitrogens is 2. The standard InChI is InChI=1S/C19H31N5O2/c1-14(2)24(13-17-20-8-10-22(17)3)18(25)12-16-19(26)21-9-11-23(16)15-6-4-5-7-15/h8,10,14-16H,4-7,9,11-13H2,1-3H3,(H,21,26)/t16-/m0/s1. The minimum absolute atomic E-state index is 0.00259. The van der Waals surface area contributed by atoms with Crippen LogP contribution in [0.2, 0.25) is 0 Å². The van der Waals surface area contributed by atoms with Crippen molar-refractivity contribution in [3.05, 3.63) is 18.2 Å². The first-order valence-electron chi connectivity index (χ1n) is 9.76. The largest absolute Gasteiger partial charge is 0.353 e. The molecule has 2 aliphatic rings. The molecule has 1 saturated carbocycles. The van der Waals surface area contributed by atoms with Gasteiger partial charge in [0.15, 0.2) is 0 Å². The molecule has 2 amide bonds. The van der Waals surface area contributed by atoms with E-state index in [0.29, 0.717) is 19.1 Å². The van der Waals surface area contributed by atoms with E-state index in [1.54, 1.807) is 6.20 Å². The van der Waals surface area contributed by atoms with Crippen LogP contribution in [0.1, 0.15) is 51.8 Å². The maximum Gasteiger partial charge on any atom is 0.237 e. The van der Waals surface area contributed by atoms with Gasteiger partial charge in [-0.25, -0.2) is 4.98 Å². The Balaban J connectivity index is 1.71. The summed E-state index contributed by atoms with van der Waals surface area (Å²) in [7, 11) is 1.93. The highest BCUT2D eigenvalue weighted by Crippen LogP contribution is 2.27. The summed E-state index contributed by atoms with van der Waals surface area (Å²) in [6, 6.07) is 0.161. The predicted octanol–water partition coefficient (Wildman–Crippen LogP) is 1.29. The molecule has 0 bridgehead atoms. The molecule has 7 nitrogen and oxygen atoms in total. The summed E-state index contributed by atoms with van der Waals surface area (Å²) < 4.78 is 1.93. The molecule has 1 N–H and O–H groups in total. The first kappa shape index (κ1) is 18.9. The molecule has 1 aromatic heterocycles. The third kappa shape index (κ3) is 4.09. The van der Waals surface area contributed by atoms with Crippen molar-refractivity contribution in [3.8, 4) is 0 Å². The van der Waals surface area contributed by atoms with E-state index in [-0.39, 0.29) is 30.3 Å². The normalized spacial score (nSPS) is 22.0. The van der Waals surface area contributed by atoms with Crippen molar-refractivity contribution in [1.82, 2.24) is 24.7 Å². The van der Waals surface area contributed by atoms with E-state index < -0.39 is 0 Å². The number of amides is 2. The van der Waals surface area contributed by atoms with E-state index >= 15 is 0 Å². The second kappa shape index (κ2) is 8.20. The Kier molecular flexibility index (Phi) is 5.96. The lowest BCUT2D eigenvalue weighted by Crippen LogP contribution is -2.59. The fourth-order valence-corrected chi connectivity index (χ4v) is 4.16. The van der Waals surface area contributed by atoms with Gasteiger partial charge in [0.25, 0.3) is 0 Å². The van der Waals surface area contributed by atoms with Crippen LogP contribution in [0.4, 0.5) is 0 Å². The molecule has 0 radical (unpaired) electrons. The van der Waals surface area contributed by atoms with E-state index in [1.807, 2.05) is 36.6 Å². The monoisotopic (exact) mass is 361 g/mol. The Morgan fingerprint density at radius 3 is 2.73 bits per heavy atom. The van der Waals surface area contributed by atoms with Crippen LogP contribution in [0.15, 0.2) is 12.4 Å². The number of imidazole rings is 1. The zero-order valence-corrected chi connectivity index (χ0v) is 16.1. The molecule has 26 heavy (non-hydrogen) atoms. The molecular weight excluding hydrogens is 330 g/mol. The minimum atomic E-state index is -0.345. The number of piperazine rings is 1. The Hall–Kier alpha value is -1.89. The lowest BCUT2D eigenvalue weighted by atomic mass is 10.0. The highest BCUT2D eigenvalue weighted by atomic mass is 16.2. The topological polar surface area (TPSA) is 70.5 Å². The Morgan fingerprint density at radius 1 is 1.38 bits per heavy atom. The van der Waals surface area contributed by atoms with Crippen LogP contribution >= 0.6 is 0 Å². The summed E-state index contributed by atoms with van der Waals surface area (Å²) in [6.07, 6.45) is 8.59. The van der Waals surface area contributed by atoms with Crippen LogP contribution < -0.4 is 5.32 Å². The lowest BCUT2D eigenvalue weighted by Gasteiger charge is -2.39. The molecule has 1 aliphatic heterocycles. The van der Waals surface area contributed by atoms with Crippen molar-refractivity contribution in [2.24, 2.45) is 7.05 Å². The van der Waals surface area contributed by atoms with E-state index in [2.05, 4.69) is 15.2 Å². The highest BCUT2D eigenvalue weighted by Gasteiger charge is 2.37. The third-order valence-corrected chi connectivity index (χ3v) is 5.71. The fraction of sp³-hybridized carbons (Fsp3) is 0.737. The lowest BCUT2D eigenvalue weighted by molar-refractivity contribution is -0.141. The van der Waals surface area contributed by atoms with Crippen LogP contribution in [-0.2, 0) is 23.2 Å². The SMILES string of the molecule is CC(C)N(Cc1nccn1C)C(=O)C[C@H]1C(=O)NCCN1C1CCCC1. The van der Waals surface area contributed by atoms with Gasteiger partial charge in [0.05, 0.1) is 19.0 Å². The van der Waals surface area contributed by atoms with Gasteiger partial charge >= 0.3 is 0 Å². The van der Waals surface area contributed by atoms with Crippen molar-refractivity contribution in [3.63, 3.8) is 0 Å². The van der Waals surface area contributed by atoms with E-state index in [4.69, 9.17) is 0 Å². The van der Waals surface area contributed by atoms with Crippen molar-refractivity contribution >= 4 is 11.8 Å². The Labute approximate surface area is 155 Å². The molecule has 2 heterocycles. The summed E-state index contributed by atoms with van der Waals surface area (Å²) in [5.74, 6) is 0.873. The molecule has 144 valence electrons. The van der Waals surface area contributed by atoms with Gasteiger partial charge in [0, 0.05) is 44.6 Å². The predicted molar refractivity (Wildman–Crippen MR) is 99.3 cm³/mol. The first-order chi connectivity index (χ1) is 12.5. The number of aryl methyl sites for hydroxylation is 1. The van der Waals surface area contributed by atoms with Crippen molar-refractivity contribution in [2.45, 2.75) is 70.6 Å². The molecule has 2 fully saturated rings. The fourth-order valence-electron chi connectivity index (χ4n) is 4.16. The number of carbonyl (C=O) groups is 2. The average Bonchev–Trinajstić information content (AvgIpc) is 3.26. The number of rotatable bonds is 6. The van der Waals surface area contributed by atoms with Crippen LogP contribution in [0.3, 0.4) is 0 Å². The number of nitrogens with one attached hydrogen (secondary N) is 1. The van der Waals surface area contributed by atoms with Crippen molar-refractivity contribution in [1.29, 1.82) is 0 Å². The van der Waals surface area contributed by atoms with Gasteiger partial charge < -0.3 is 14.8 Å². The molecule has 3 rings (SSSR count). The van der Waals surface area contributed by atoms with Gasteiger partial charge in [-0.1, -0.05) is 12.8 Å². The molecule has 0 spiro atoms. The number of nitrogens with zero attached hydrogens (tertiary/aromatic N) is 4. The summed E-state index contributed by atoms with van der Waals surface area (Å²) in [5.41, 5.74) is 0.